The number of nitrogens with one attached hydrogen (secondary N) is 1. The highest BCUT2D eigenvalue weighted by Crippen LogP contribution is 2.47. The molecule has 1 aliphatic carbocycles. The van der Waals surface area contributed by atoms with Gasteiger partial charge in [0.2, 0.25) is 0 Å². The van der Waals surface area contributed by atoms with Crippen molar-refractivity contribution in [3.05, 3.63) is 71.2 Å². The molecule has 1 aromatic heterocycles. The van der Waals surface area contributed by atoms with E-state index in [0.29, 0.717) is 12.0 Å². The van der Waals surface area contributed by atoms with E-state index in [1.165, 1.54) is 34.2 Å². The van der Waals surface area contributed by atoms with Crippen LogP contribution in [-0.4, -0.2) is 29.5 Å². The molecule has 0 radical (unpaired) electrons. The quantitative estimate of drug-likeness (QED) is 0.715. The Morgan fingerprint density at radius 3 is 2.80 bits per heavy atom. The fourth-order valence-electron chi connectivity index (χ4n) is 5.05. The van der Waals surface area contributed by atoms with Crippen LogP contribution in [0, 0.1) is 5.82 Å². The molecule has 128 valence electrons. The predicted octanol–water partition coefficient (Wildman–Crippen LogP) is 3.51. The minimum absolute atomic E-state index is 0.214. The number of aromatic nitrogens is 1. The molecule has 3 aromatic rings. The molecule has 3 N–H and O–H groups in total. The number of aromatic amines is 1. The molecule has 0 spiro atoms. The Kier molecular flexibility index (Phi) is 3.12. The third kappa shape index (κ3) is 2.17. The number of piperidine rings is 1. The van der Waals surface area contributed by atoms with Gasteiger partial charge in [-0.1, -0.05) is 24.3 Å². The van der Waals surface area contributed by atoms with Gasteiger partial charge in [-0.2, -0.15) is 0 Å². The highest BCUT2D eigenvalue weighted by atomic mass is 19.1. The van der Waals surface area contributed by atoms with Crippen molar-refractivity contribution in [1.82, 2.24) is 9.88 Å². The third-order valence-corrected chi connectivity index (χ3v) is 6.21. The Hall–Kier alpha value is -2.17. The zero-order valence-corrected chi connectivity index (χ0v) is 14.3. The van der Waals surface area contributed by atoms with E-state index in [2.05, 4.69) is 41.3 Å². The second kappa shape index (κ2) is 5.16. The third-order valence-electron chi connectivity index (χ3n) is 6.21. The maximum absolute atomic E-state index is 13.4. The fraction of sp³-hybridized carbons (Fsp3) is 0.333. The highest BCUT2D eigenvalue weighted by molar-refractivity contribution is 5.88. The number of rotatable bonds is 1. The minimum Gasteiger partial charge on any atom is -0.361 e. The molecule has 0 bridgehead atoms. The molecule has 0 unspecified atom stereocenters. The highest BCUT2D eigenvalue weighted by Gasteiger charge is 2.45. The zero-order valence-electron chi connectivity index (χ0n) is 14.3. The molecular formula is C21H22FN3. The Morgan fingerprint density at radius 1 is 1.20 bits per heavy atom. The summed E-state index contributed by atoms with van der Waals surface area (Å²) in [6.07, 6.45) is 4.09. The molecule has 4 heteroatoms. The Bertz CT molecular complexity index is 945. The van der Waals surface area contributed by atoms with Gasteiger partial charge in [-0.05, 0) is 54.8 Å². The van der Waals surface area contributed by atoms with Gasteiger partial charge in [0, 0.05) is 35.6 Å². The van der Waals surface area contributed by atoms with E-state index in [0.717, 1.165) is 24.9 Å². The van der Waals surface area contributed by atoms with E-state index in [9.17, 15) is 4.39 Å². The molecular weight excluding hydrogens is 313 g/mol. The number of nitrogens with zero attached hydrogens (tertiary/aromatic N) is 1. The summed E-state index contributed by atoms with van der Waals surface area (Å²) in [5.74, 6) is 0.176. The summed E-state index contributed by atoms with van der Waals surface area (Å²) in [5.41, 5.74) is 11.5. The lowest BCUT2D eigenvalue weighted by Gasteiger charge is -2.50. The smallest absolute Gasteiger partial charge is 0.123 e. The molecule has 3 atom stereocenters. The van der Waals surface area contributed by atoms with E-state index in [1.807, 2.05) is 12.1 Å². The summed E-state index contributed by atoms with van der Waals surface area (Å²) < 4.78 is 13.4. The lowest BCUT2D eigenvalue weighted by atomic mass is 9.68. The van der Waals surface area contributed by atoms with Crippen LogP contribution in [0.2, 0.25) is 0 Å². The largest absolute Gasteiger partial charge is 0.361 e. The van der Waals surface area contributed by atoms with Crippen LogP contribution < -0.4 is 5.73 Å². The normalized spacial score (nSPS) is 28.9. The second-order valence-electron chi connectivity index (χ2n) is 7.74. The van der Waals surface area contributed by atoms with Crippen LogP contribution in [-0.2, 0) is 12.0 Å². The summed E-state index contributed by atoms with van der Waals surface area (Å²) >= 11 is 0. The number of fused-ring (bicyclic) bond motifs is 2. The monoisotopic (exact) mass is 335 g/mol. The molecule has 2 aliphatic rings. The predicted molar refractivity (Wildman–Crippen MR) is 98.0 cm³/mol. The van der Waals surface area contributed by atoms with E-state index < -0.39 is 5.54 Å². The van der Waals surface area contributed by atoms with Crippen molar-refractivity contribution in [2.45, 2.75) is 30.3 Å². The first-order valence-electron chi connectivity index (χ1n) is 8.89. The van der Waals surface area contributed by atoms with Crippen LogP contribution in [0.4, 0.5) is 4.39 Å². The van der Waals surface area contributed by atoms with E-state index in [4.69, 9.17) is 5.73 Å². The van der Waals surface area contributed by atoms with Crippen molar-refractivity contribution in [3.8, 4) is 0 Å². The first kappa shape index (κ1) is 15.1. The number of likely N-dealkylation sites (tertiary alicyclic amines) is 1. The number of halogens is 1. The summed E-state index contributed by atoms with van der Waals surface area (Å²) in [6, 6.07) is 13.7. The van der Waals surface area contributed by atoms with Crippen molar-refractivity contribution >= 4 is 10.9 Å². The average Bonchev–Trinajstić information content (AvgIpc) is 3.01. The molecule has 3 nitrogen and oxygen atoms in total. The standard InChI is InChI=1S/C21H22FN3/c1-25-12-21(23,14-5-7-15(22)8-6-14)10-17-16-3-2-4-18-20(16)13(11-24-18)9-19(17)25/h2-8,11,17,19,24H,9-10,12,23H2,1H3/t17-,19+,21-/m0/s1. The van der Waals surface area contributed by atoms with Crippen molar-refractivity contribution in [1.29, 1.82) is 0 Å². The molecule has 1 fully saturated rings. The molecule has 0 saturated carbocycles. The van der Waals surface area contributed by atoms with Gasteiger partial charge in [0.1, 0.15) is 5.82 Å². The number of likely N-dealkylation sites (N-methyl/N-ethyl adjacent to an activating group) is 1. The van der Waals surface area contributed by atoms with Gasteiger partial charge in [-0.3, -0.25) is 0 Å². The molecule has 0 amide bonds. The number of nitrogens with two attached hydrogens (primary N) is 1. The van der Waals surface area contributed by atoms with Crippen LogP contribution in [0.3, 0.4) is 0 Å². The zero-order chi connectivity index (χ0) is 17.2. The van der Waals surface area contributed by atoms with Gasteiger partial charge >= 0.3 is 0 Å². The molecule has 5 rings (SSSR count). The van der Waals surface area contributed by atoms with Gasteiger partial charge in [0.15, 0.2) is 0 Å². The van der Waals surface area contributed by atoms with Gasteiger partial charge in [0.05, 0.1) is 5.54 Å². The SMILES string of the molecule is CN1C[C@](N)(c2ccc(F)cc2)C[C@H]2c3cccc4[nH]cc(c34)C[C@H]21. The van der Waals surface area contributed by atoms with Crippen LogP contribution in [0.5, 0.6) is 0 Å². The van der Waals surface area contributed by atoms with Gasteiger partial charge in [-0.25, -0.2) is 4.39 Å². The van der Waals surface area contributed by atoms with E-state index in [1.54, 1.807) is 0 Å². The van der Waals surface area contributed by atoms with E-state index in [-0.39, 0.29) is 5.82 Å². The topological polar surface area (TPSA) is 45.0 Å². The molecule has 2 aromatic carbocycles. The van der Waals surface area contributed by atoms with Crippen molar-refractivity contribution in [2.75, 3.05) is 13.6 Å². The number of hydrogen-bond donors (Lipinski definition) is 2. The number of hydrogen-bond acceptors (Lipinski definition) is 2. The Balaban J connectivity index is 1.61. The molecule has 1 aliphatic heterocycles. The van der Waals surface area contributed by atoms with Gasteiger partial charge in [-0.15, -0.1) is 0 Å². The van der Waals surface area contributed by atoms with Crippen molar-refractivity contribution in [3.63, 3.8) is 0 Å². The summed E-state index contributed by atoms with van der Waals surface area (Å²) in [4.78, 5) is 5.81. The lowest BCUT2D eigenvalue weighted by Crippen LogP contribution is -2.58. The fourth-order valence-corrected chi connectivity index (χ4v) is 5.05. The molecule has 1 saturated heterocycles. The number of H-pyrrole nitrogens is 1. The van der Waals surface area contributed by atoms with Crippen molar-refractivity contribution < 1.29 is 4.39 Å². The summed E-state index contributed by atoms with van der Waals surface area (Å²) in [5, 5.41) is 1.38. The number of benzene rings is 2. The van der Waals surface area contributed by atoms with Gasteiger partial charge < -0.3 is 15.6 Å². The van der Waals surface area contributed by atoms with Crippen LogP contribution in [0.1, 0.15) is 29.0 Å². The van der Waals surface area contributed by atoms with Crippen molar-refractivity contribution in [2.24, 2.45) is 5.73 Å². The summed E-state index contributed by atoms with van der Waals surface area (Å²) in [7, 11) is 2.17. The Labute approximate surface area is 146 Å². The minimum atomic E-state index is -0.459. The second-order valence-corrected chi connectivity index (χ2v) is 7.74. The van der Waals surface area contributed by atoms with Crippen LogP contribution in [0.25, 0.3) is 10.9 Å². The average molecular weight is 335 g/mol. The maximum Gasteiger partial charge on any atom is 0.123 e. The van der Waals surface area contributed by atoms with Gasteiger partial charge in [0.25, 0.3) is 0 Å². The molecule has 2 heterocycles. The maximum atomic E-state index is 13.4. The summed E-state index contributed by atoms with van der Waals surface area (Å²) in [6.45, 7) is 0.787. The lowest BCUT2D eigenvalue weighted by molar-refractivity contribution is 0.0913. The van der Waals surface area contributed by atoms with E-state index >= 15 is 0 Å². The van der Waals surface area contributed by atoms with Crippen LogP contribution in [0.15, 0.2) is 48.7 Å². The van der Waals surface area contributed by atoms with Crippen LogP contribution >= 0.6 is 0 Å². The molecule has 25 heavy (non-hydrogen) atoms. The first-order valence-corrected chi connectivity index (χ1v) is 8.89. The Morgan fingerprint density at radius 2 is 2.00 bits per heavy atom. The first-order chi connectivity index (χ1) is 12.0.